The van der Waals surface area contributed by atoms with Crippen molar-refractivity contribution >= 4 is 10.9 Å². The molecule has 1 atom stereocenters. The van der Waals surface area contributed by atoms with E-state index in [1.807, 2.05) is 74.0 Å². The van der Waals surface area contributed by atoms with E-state index < -0.39 is 0 Å². The van der Waals surface area contributed by atoms with Gasteiger partial charge in [-0.05, 0) is 30.4 Å². The van der Waals surface area contributed by atoms with Gasteiger partial charge in [-0.25, -0.2) is 4.98 Å². The molecule has 5 rings (SSSR count). The molecule has 2 aromatic heterocycles. The second kappa shape index (κ2) is 7.33. The number of nitrogens with zero attached hydrogens (tertiary/aromatic N) is 3. The van der Waals surface area contributed by atoms with E-state index in [9.17, 15) is 4.79 Å². The molecule has 0 N–H and O–H groups in total. The lowest BCUT2D eigenvalue weighted by Gasteiger charge is -2.16. The predicted molar refractivity (Wildman–Crippen MR) is 115 cm³/mol. The Kier molecular flexibility index (Phi) is 4.52. The number of para-hydroxylation sites is 1. The van der Waals surface area contributed by atoms with Gasteiger partial charge in [-0.3, -0.25) is 4.79 Å². The molecule has 0 saturated carbocycles. The lowest BCUT2D eigenvalue weighted by molar-refractivity contribution is 0.0973. The van der Waals surface area contributed by atoms with Gasteiger partial charge in [0, 0.05) is 19.2 Å². The third kappa shape index (κ3) is 3.17. The molecule has 1 fully saturated rings. The molecule has 5 nitrogen and oxygen atoms in total. The highest BCUT2D eigenvalue weighted by molar-refractivity contribution is 5.87. The highest BCUT2D eigenvalue weighted by Crippen LogP contribution is 2.32. The summed E-state index contributed by atoms with van der Waals surface area (Å²) in [4.78, 5) is 18.1. The van der Waals surface area contributed by atoms with Crippen LogP contribution in [0.5, 0.6) is 0 Å². The maximum absolute atomic E-state index is 13.3. The zero-order valence-corrected chi connectivity index (χ0v) is 16.4. The van der Waals surface area contributed by atoms with Crippen LogP contribution in [0.1, 0.15) is 12.8 Å². The largest absolute Gasteiger partial charge is 0.376 e. The van der Waals surface area contributed by atoms with Crippen LogP contribution >= 0.6 is 0 Å². The van der Waals surface area contributed by atoms with Gasteiger partial charge in [0.25, 0.3) is 5.56 Å². The van der Waals surface area contributed by atoms with Crippen LogP contribution in [0.3, 0.4) is 0 Å². The lowest BCUT2D eigenvalue weighted by Crippen LogP contribution is -2.22. The molecular formula is C24H23N3O2. The summed E-state index contributed by atoms with van der Waals surface area (Å²) in [6, 6.07) is 20.0. The summed E-state index contributed by atoms with van der Waals surface area (Å²) in [5.41, 5.74) is 4.26. The Balaban J connectivity index is 1.74. The maximum atomic E-state index is 13.3. The minimum atomic E-state index is -0.0185. The van der Waals surface area contributed by atoms with Crippen molar-refractivity contribution in [3.63, 3.8) is 0 Å². The van der Waals surface area contributed by atoms with Crippen molar-refractivity contribution in [1.82, 2.24) is 14.1 Å². The second-order valence-electron chi connectivity index (χ2n) is 7.58. The molecule has 146 valence electrons. The van der Waals surface area contributed by atoms with E-state index in [1.54, 1.807) is 4.57 Å². The first kappa shape index (κ1) is 17.9. The molecule has 0 aliphatic carbocycles. The molecule has 5 heteroatoms. The van der Waals surface area contributed by atoms with Crippen LogP contribution in [0.15, 0.2) is 71.8 Å². The second-order valence-corrected chi connectivity index (χ2v) is 7.58. The predicted octanol–water partition coefficient (Wildman–Crippen LogP) is 4.25. The molecule has 0 amide bonds. The zero-order valence-electron chi connectivity index (χ0n) is 16.4. The number of imidazole rings is 1. The summed E-state index contributed by atoms with van der Waals surface area (Å²) in [6.45, 7) is 1.50. The molecule has 0 radical (unpaired) electrons. The summed E-state index contributed by atoms with van der Waals surface area (Å²) < 4.78 is 9.67. The fourth-order valence-electron chi connectivity index (χ4n) is 4.21. The quantitative estimate of drug-likeness (QED) is 0.528. The Bertz CT molecular complexity index is 1220. The van der Waals surface area contributed by atoms with E-state index in [-0.39, 0.29) is 11.7 Å². The highest BCUT2D eigenvalue weighted by Gasteiger charge is 2.23. The average molecular weight is 385 g/mol. The van der Waals surface area contributed by atoms with Crippen molar-refractivity contribution in [3.8, 4) is 22.5 Å². The fraction of sp³-hybridized carbons (Fsp3) is 0.250. The molecule has 0 bridgehead atoms. The van der Waals surface area contributed by atoms with Crippen LogP contribution in [0.2, 0.25) is 0 Å². The summed E-state index contributed by atoms with van der Waals surface area (Å²) in [6.07, 6.45) is 4.12. The number of benzene rings is 2. The van der Waals surface area contributed by atoms with E-state index in [0.29, 0.717) is 12.1 Å². The van der Waals surface area contributed by atoms with Crippen LogP contribution in [-0.4, -0.2) is 26.8 Å². The number of fused-ring (bicyclic) bond motifs is 1. The van der Waals surface area contributed by atoms with Crippen molar-refractivity contribution < 1.29 is 4.74 Å². The van der Waals surface area contributed by atoms with Gasteiger partial charge in [0.05, 0.1) is 41.4 Å². The Morgan fingerprint density at radius 1 is 1.10 bits per heavy atom. The van der Waals surface area contributed by atoms with Crippen molar-refractivity contribution in [3.05, 3.63) is 77.3 Å². The minimum Gasteiger partial charge on any atom is -0.376 e. The van der Waals surface area contributed by atoms with Gasteiger partial charge >= 0.3 is 0 Å². The van der Waals surface area contributed by atoms with E-state index in [0.717, 1.165) is 47.3 Å². The topological polar surface area (TPSA) is 49.0 Å². The molecule has 3 heterocycles. The third-order valence-corrected chi connectivity index (χ3v) is 5.70. The number of rotatable bonds is 4. The Labute approximate surface area is 169 Å². The average Bonchev–Trinajstić information content (AvgIpc) is 3.42. The molecule has 0 spiro atoms. The Morgan fingerprint density at radius 3 is 2.69 bits per heavy atom. The number of pyridine rings is 1. The molecule has 29 heavy (non-hydrogen) atoms. The Morgan fingerprint density at radius 2 is 1.90 bits per heavy atom. The van der Waals surface area contributed by atoms with Gasteiger partial charge < -0.3 is 13.9 Å². The normalized spacial score (nSPS) is 16.5. The standard InChI is InChI=1S/C24H23N3O2/c1-26-21-12-6-5-10-18(21)14-20(24(26)28)23-22(17-8-3-2-4-9-17)25-16-27(23)15-19-11-7-13-29-19/h2-6,8-10,12,14,16,19H,7,11,13,15H2,1H3/t19-/m0/s1. The zero-order chi connectivity index (χ0) is 19.8. The highest BCUT2D eigenvalue weighted by atomic mass is 16.5. The SMILES string of the molecule is Cn1c(=O)c(-c2c(-c3ccccc3)ncn2C[C@@H]2CCCO2)cc2ccccc21. The van der Waals surface area contributed by atoms with Crippen molar-refractivity contribution in [2.24, 2.45) is 7.05 Å². The molecular weight excluding hydrogens is 362 g/mol. The van der Waals surface area contributed by atoms with Crippen LogP contribution in [0.4, 0.5) is 0 Å². The first-order chi connectivity index (χ1) is 14.2. The van der Waals surface area contributed by atoms with E-state index in [2.05, 4.69) is 4.57 Å². The molecule has 2 aromatic carbocycles. The molecule has 1 aliphatic heterocycles. The number of aromatic nitrogens is 3. The van der Waals surface area contributed by atoms with Gasteiger partial charge in [0.15, 0.2) is 0 Å². The smallest absolute Gasteiger partial charge is 0.260 e. The van der Waals surface area contributed by atoms with Crippen molar-refractivity contribution in [2.75, 3.05) is 6.61 Å². The van der Waals surface area contributed by atoms with Gasteiger partial charge in [0.1, 0.15) is 0 Å². The van der Waals surface area contributed by atoms with Crippen LogP contribution < -0.4 is 5.56 Å². The third-order valence-electron chi connectivity index (χ3n) is 5.70. The maximum Gasteiger partial charge on any atom is 0.260 e. The Hall–Kier alpha value is -3.18. The van der Waals surface area contributed by atoms with Gasteiger partial charge in [-0.1, -0.05) is 48.5 Å². The summed E-state index contributed by atoms with van der Waals surface area (Å²) in [7, 11) is 1.83. The van der Waals surface area contributed by atoms with Crippen LogP contribution in [-0.2, 0) is 18.3 Å². The van der Waals surface area contributed by atoms with E-state index in [4.69, 9.17) is 9.72 Å². The van der Waals surface area contributed by atoms with Crippen LogP contribution in [0.25, 0.3) is 33.4 Å². The number of aryl methyl sites for hydroxylation is 1. The van der Waals surface area contributed by atoms with Crippen molar-refractivity contribution in [2.45, 2.75) is 25.5 Å². The minimum absolute atomic E-state index is 0.0185. The molecule has 1 saturated heterocycles. The molecule has 0 unspecified atom stereocenters. The number of hydrogen-bond donors (Lipinski definition) is 0. The molecule has 1 aliphatic rings. The van der Waals surface area contributed by atoms with Gasteiger partial charge in [0.2, 0.25) is 0 Å². The number of ether oxygens (including phenoxy) is 1. The van der Waals surface area contributed by atoms with E-state index >= 15 is 0 Å². The summed E-state index contributed by atoms with van der Waals surface area (Å²) in [5, 5.41) is 1.04. The van der Waals surface area contributed by atoms with E-state index in [1.165, 1.54) is 0 Å². The van der Waals surface area contributed by atoms with Crippen LogP contribution in [0, 0.1) is 0 Å². The monoisotopic (exact) mass is 385 g/mol. The van der Waals surface area contributed by atoms with Gasteiger partial charge in [-0.2, -0.15) is 0 Å². The first-order valence-electron chi connectivity index (χ1n) is 10.0. The molecule has 4 aromatic rings. The lowest BCUT2D eigenvalue weighted by atomic mass is 10.0. The summed E-state index contributed by atoms with van der Waals surface area (Å²) in [5.74, 6) is 0. The van der Waals surface area contributed by atoms with Gasteiger partial charge in [-0.15, -0.1) is 0 Å². The summed E-state index contributed by atoms with van der Waals surface area (Å²) >= 11 is 0. The number of hydrogen-bond acceptors (Lipinski definition) is 3. The van der Waals surface area contributed by atoms with Crippen molar-refractivity contribution in [1.29, 1.82) is 0 Å². The first-order valence-corrected chi connectivity index (χ1v) is 10.0. The fourth-order valence-corrected chi connectivity index (χ4v) is 4.21.